The molecule has 0 aromatic carbocycles. The van der Waals surface area contributed by atoms with Gasteiger partial charge in [0.2, 0.25) is 5.91 Å². The molecule has 0 aromatic heterocycles. The van der Waals surface area contributed by atoms with Crippen molar-refractivity contribution in [2.75, 3.05) is 72.5 Å². The smallest absolute Gasteiger partial charge is 0.239 e. The SMILES string of the molecule is CCNC(=NCCC1CCN(C)CC1)N1CCN(C(C)C(=O)N2CCCC2)CC1. The van der Waals surface area contributed by atoms with Crippen LogP contribution in [0.4, 0.5) is 0 Å². The highest BCUT2D eigenvalue weighted by atomic mass is 16.2. The topological polar surface area (TPSA) is 54.4 Å². The number of aliphatic imine (C=N–C) groups is 1. The average molecular weight is 407 g/mol. The second-order valence-electron chi connectivity index (χ2n) is 9.00. The Hall–Kier alpha value is -1.34. The van der Waals surface area contributed by atoms with Crippen molar-refractivity contribution in [3.05, 3.63) is 0 Å². The van der Waals surface area contributed by atoms with Crippen molar-refractivity contribution in [3.8, 4) is 0 Å². The van der Waals surface area contributed by atoms with Gasteiger partial charge in [0.25, 0.3) is 0 Å². The van der Waals surface area contributed by atoms with E-state index in [9.17, 15) is 4.79 Å². The number of piperidine rings is 1. The molecule has 1 N–H and O–H groups in total. The van der Waals surface area contributed by atoms with Gasteiger partial charge in [0.15, 0.2) is 5.96 Å². The van der Waals surface area contributed by atoms with E-state index in [4.69, 9.17) is 4.99 Å². The highest BCUT2D eigenvalue weighted by Crippen LogP contribution is 2.19. The monoisotopic (exact) mass is 406 g/mol. The van der Waals surface area contributed by atoms with E-state index in [0.717, 1.165) is 77.1 Å². The fraction of sp³-hybridized carbons (Fsp3) is 0.909. The molecule has 3 rings (SSSR count). The summed E-state index contributed by atoms with van der Waals surface area (Å²) < 4.78 is 0. The van der Waals surface area contributed by atoms with Crippen molar-refractivity contribution in [2.24, 2.45) is 10.9 Å². The zero-order valence-electron chi connectivity index (χ0n) is 18.9. The van der Waals surface area contributed by atoms with Crippen LogP contribution in [0.15, 0.2) is 4.99 Å². The van der Waals surface area contributed by atoms with E-state index in [-0.39, 0.29) is 6.04 Å². The van der Waals surface area contributed by atoms with Gasteiger partial charge in [-0.2, -0.15) is 0 Å². The highest BCUT2D eigenvalue weighted by molar-refractivity contribution is 5.82. The predicted octanol–water partition coefficient (Wildman–Crippen LogP) is 1.31. The molecule has 1 amide bonds. The Kier molecular flexibility index (Phi) is 8.60. The van der Waals surface area contributed by atoms with Gasteiger partial charge in [-0.05, 0) is 72.0 Å². The zero-order valence-corrected chi connectivity index (χ0v) is 18.9. The maximum atomic E-state index is 12.7. The van der Waals surface area contributed by atoms with Crippen molar-refractivity contribution in [3.63, 3.8) is 0 Å². The Balaban J connectivity index is 1.45. The number of piperazine rings is 1. The zero-order chi connectivity index (χ0) is 20.6. The van der Waals surface area contributed by atoms with Gasteiger partial charge in [-0.15, -0.1) is 0 Å². The summed E-state index contributed by atoms with van der Waals surface area (Å²) in [5, 5.41) is 3.48. The first-order valence-electron chi connectivity index (χ1n) is 11.8. The van der Waals surface area contributed by atoms with Gasteiger partial charge in [-0.3, -0.25) is 14.7 Å². The molecule has 3 aliphatic heterocycles. The molecule has 3 aliphatic rings. The largest absolute Gasteiger partial charge is 0.357 e. The third kappa shape index (κ3) is 6.32. The lowest BCUT2D eigenvalue weighted by Crippen LogP contribution is -2.57. The van der Waals surface area contributed by atoms with Crippen LogP contribution in [0, 0.1) is 5.92 Å². The summed E-state index contributed by atoms with van der Waals surface area (Å²) in [6, 6.07) is -0.000735. The van der Waals surface area contributed by atoms with Crippen LogP contribution in [0.25, 0.3) is 0 Å². The molecule has 0 aliphatic carbocycles. The molecule has 1 unspecified atom stereocenters. The van der Waals surface area contributed by atoms with E-state index in [1.54, 1.807) is 0 Å². The van der Waals surface area contributed by atoms with Crippen LogP contribution in [0.2, 0.25) is 0 Å². The maximum absolute atomic E-state index is 12.7. The summed E-state index contributed by atoms with van der Waals surface area (Å²) >= 11 is 0. The van der Waals surface area contributed by atoms with Crippen molar-refractivity contribution in [1.82, 2.24) is 24.9 Å². The van der Waals surface area contributed by atoms with Crippen molar-refractivity contribution < 1.29 is 4.79 Å². The molecule has 3 saturated heterocycles. The van der Waals surface area contributed by atoms with Crippen molar-refractivity contribution in [2.45, 2.75) is 52.0 Å². The van der Waals surface area contributed by atoms with E-state index < -0.39 is 0 Å². The minimum atomic E-state index is -0.000735. The van der Waals surface area contributed by atoms with Crippen LogP contribution in [0.5, 0.6) is 0 Å². The minimum absolute atomic E-state index is 0.000735. The molecular weight excluding hydrogens is 364 g/mol. The summed E-state index contributed by atoms with van der Waals surface area (Å²) in [6.45, 7) is 14.1. The molecule has 0 radical (unpaired) electrons. The number of rotatable bonds is 6. The molecule has 3 fully saturated rings. The number of carbonyl (C=O) groups is 1. The third-order valence-corrected chi connectivity index (χ3v) is 6.91. The number of amides is 1. The fourth-order valence-corrected chi connectivity index (χ4v) is 4.81. The molecule has 0 saturated carbocycles. The lowest BCUT2D eigenvalue weighted by molar-refractivity contribution is -0.135. The average Bonchev–Trinajstić information content (AvgIpc) is 3.28. The van der Waals surface area contributed by atoms with Crippen LogP contribution < -0.4 is 5.32 Å². The van der Waals surface area contributed by atoms with Gasteiger partial charge >= 0.3 is 0 Å². The molecule has 0 spiro atoms. The van der Waals surface area contributed by atoms with Crippen LogP contribution in [0.3, 0.4) is 0 Å². The van der Waals surface area contributed by atoms with Crippen LogP contribution in [-0.2, 0) is 4.79 Å². The predicted molar refractivity (Wildman–Crippen MR) is 119 cm³/mol. The minimum Gasteiger partial charge on any atom is -0.357 e. The standard InChI is InChI=1S/C22H42N6O/c1-4-23-22(24-10-7-20-8-13-25(3)14-9-20)28-17-15-26(16-18-28)19(2)21(29)27-11-5-6-12-27/h19-20H,4-18H2,1-3H3,(H,23,24). The second kappa shape index (κ2) is 11.2. The molecule has 29 heavy (non-hydrogen) atoms. The Morgan fingerprint density at radius 1 is 1.00 bits per heavy atom. The lowest BCUT2D eigenvalue weighted by atomic mass is 9.94. The van der Waals surface area contributed by atoms with Gasteiger partial charge < -0.3 is 20.0 Å². The summed E-state index contributed by atoms with van der Waals surface area (Å²) in [6.07, 6.45) is 6.14. The van der Waals surface area contributed by atoms with Crippen LogP contribution in [-0.4, -0.2) is 110 Å². The second-order valence-corrected chi connectivity index (χ2v) is 9.00. The molecule has 0 bridgehead atoms. The van der Waals surface area contributed by atoms with Gasteiger partial charge in [0.05, 0.1) is 6.04 Å². The highest BCUT2D eigenvalue weighted by Gasteiger charge is 2.30. The maximum Gasteiger partial charge on any atom is 0.239 e. The summed E-state index contributed by atoms with van der Waals surface area (Å²) in [7, 11) is 2.22. The molecule has 3 heterocycles. The number of likely N-dealkylation sites (tertiary alicyclic amines) is 2. The van der Waals surface area contributed by atoms with Gasteiger partial charge in [-0.1, -0.05) is 0 Å². The Morgan fingerprint density at radius 3 is 2.28 bits per heavy atom. The number of nitrogens with one attached hydrogen (secondary N) is 1. The normalized spacial score (nSPS) is 24.2. The first-order chi connectivity index (χ1) is 14.1. The Morgan fingerprint density at radius 2 is 1.66 bits per heavy atom. The van der Waals surface area contributed by atoms with Gasteiger partial charge in [0.1, 0.15) is 0 Å². The number of carbonyl (C=O) groups excluding carboxylic acids is 1. The first kappa shape index (κ1) is 22.3. The Bertz CT molecular complexity index is 531. The van der Waals surface area contributed by atoms with E-state index in [2.05, 4.69) is 40.9 Å². The number of guanidine groups is 1. The summed E-state index contributed by atoms with van der Waals surface area (Å²) in [4.78, 5) is 26.8. The van der Waals surface area contributed by atoms with E-state index >= 15 is 0 Å². The van der Waals surface area contributed by atoms with Gasteiger partial charge in [0, 0.05) is 52.4 Å². The Labute approximate surface area is 177 Å². The van der Waals surface area contributed by atoms with E-state index in [0.29, 0.717) is 5.91 Å². The van der Waals surface area contributed by atoms with Crippen molar-refractivity contribution >= 4 is 11.9 Å². The lowest BCUT2D eigenvalue weighted by Gasteiger charge is -2.39. The summed E-state index contributed by atoms with van der Waals surface area (Å²) in [5.41, 5.74) is 0. The molecular formula is C22H42N6O. The van der Waals surface area contributed by atoms with Gasteiger partial charge in [-0.25, -0.2) is 0 Å². The van der Waals surface area contributed by atoms with E-state index in [1.807, 2.05) is 4.90 Å². The molecule has 0 aromatic rings. The molecule has 7 heteroatoms. The molecule has 1 atom stereocenters. The number of hydrogen-bond acceptors (Lipinski definition) is 4. The first-order valence-corrected chi connectivity index (χ1v) is 11.8. The fourth-order valence-electron chi connectivity index (χ4n) is 4.81. The number of nitrogens with zero attached hydrogens (tertiary/aromatic N) is 5. The molecule has 166 valence electrons. The molecule has 7 nitrogen and oxygen atoms in total. The van der Waals surface area contributed by atoms with Crippen molar-refractivity contribution in [1.29, 1.82) is 0 Å². The van der Waals surface area contributed by atoms with Crippen LogP contribution in [0.1, 0.15) is 46.0 Å². The van der Waals surface area contributed by atoms with E-state index in [1.165, 1.54) is 32.4 Å². The third-order valence-electron chi connectivity index (χ3n) is 6.91. The number of hydrogen-bond donors (Lipinski definition) is 1. The van der Waals surface area contributed by atoms with Crippen LogP contribution >= 0.6 is 0 Å². The quantitative estimate of drug-likeness (QED) is 0.533. The summed E-state index contributed by atoms with van der Waals surface area (Å²) in [5.74, 6) is 2.19.